The monoisotopic (exact) mass is 481 g/mol. The maximum absolute atomic E-state index is 13.6. The van der Waals surface area contributed by atoms with E-state index < -0.39 is 23.7 Å². The molecule has 3 rings (SSSR count). The second-order valence-electron chi connectivity index (χ2n) is 6.02. The van der Waals surface area contributed by atoms with Crippen molar-refractivity contribution in [3.63, 3.8) is 0 Å². The summed E-state index contributed by atoms with van der Waals surface area (Å²) in [7, 11) is 0. The first-order chi connectivity index (χ1) is 12.2. The van der Waals surface area contributed by atoms with E-state index in [9.17, 15) is 17.6 Å². The van der Waals surface area contributed by atoms with Crippen molar-refractivity contribution in [2.24, 2.45) is 0 Å². The highest BCUT2D eigenvalue weighted by Crippen LogP contribution is 2.36. The summed E-state index contributed by atoms with van der Waals surface area (Å²) in [5.74, 6) is -0.0322. The summed E-state index contributed by atoms with van der Waals surface area (Å²) in [5, 5.41) is 3.09. The fraction of sp³-hybridized carbons (Fsp3) is 0.333. The number of rotatable bonds is 5. The lowest BCUT2D eigenvalue weighted by Crippen LogP contribution is -2.50. The quantitative estimate of drug-likeness (QED) is 0.485. The molecule has 8 heteroatoms. The van der Waals surface area contributed by atoms with Crippen molar-refractivity contribution in [2.75, 3.05) is 13.1 Å². The van der Waals surface area contributed by atoms with E-state index in [2.05, 4.69) is 27.9 Å². The van der Waals surface area contributed by atoms with Gasteiger partial charge in [-0.15, -0.1) is 0 Å². The highest BCUT2D eigenvalue weighted by atomic mass is 127. The largest absolute Gasteiger partial charge is 0.484 e. The lowest BCUT2D eigenvalue weighted by atomic mass is 10.1. The Morgan fingerprint density at radius 1 is 1.12 bits per heavy atom. The minimum Gasteiger partial charge on any atom is -0.484 e. The van der Waals surface area contributed by atoms with Crippen LogP contribution in [0.1, 0.15) is 24.2 Å². The normalized spacial score (nSPS) is 16.1. The fourth-order valence-corrected chi connectivity index (χ4v) is 2.93. The number of alkyl halides is 3. The molecule has 2 aromatic rings. The molecule has 0 aliphatic carbocycles. The molecule has 0 radical (unpaired) electrons. The molecule has 1 N–H and O–H groups in total. The molecule has 1 atom stereocenters. The van der Waals surface area contributed by atoms with Gasteiger partial charge in [0.05, 0.1) is 5.56 Å². The third-order valence-corrected chi connectivity index (χ3v) is 4.64. The topological polar surface area (TPSA) is 30.5 Å². The van der Waals surface area contributed by atoms with Gasteiger partial charge in [0.1, 0.15) is 18.0 Å². The molecule has 1 heterocycles. The second-order valence-corrected chi connectivity index (χ2v) is 7.27. The molecule has 26 heavy (non-hydrogen) atoms. The molecule has 1 aliphatic rings. The van der Waals surface area contributed by atoms with Crippen molar-refractivity contribution in [1.29, 1.82) is 0 Å². The van der Waals surface area contributed by atoms with Crippen molar-refractivity contribution in [1.82, 2.24) is 5.32 Å². The molecule has 0 amide bonds. The summed E-state index contributed by atoms with van der Waals surface area (Å²) >= 11 is 2.14. The van der Waals surface area contributed by atoms with Crippen LogP contribution in [0.5, 0.6) is 11.5 Å². The average Bonchev–Trinajstić information content (AvgIpc) is 2.51. The Morgan fingerprint density at radius 3 is 2.46 bits per heavy atom. The summed E-state index contributed by atoms with van der Waals surface area (Å²) in [6, 6.07) is 7.72. The van der Waals surface area contributed by atoms with Crippen LogP contribution in [0.4, 0.5) is 17.6 Å². The van der Waals surface area contributed by atoms with Crippen LogP contribution in [0.3, 0.4) is 0 Å². The molecule has 2 aromatic carbocycles. The van der Waals surface area contributed by atoms with Crippen molar-refractivity contribution in [3.05, 3.63) is 56.9 Å². The van der Waals surface area contributed by atoms with Gasteiger partial charge in [0, 0.05) is 16.7 Å². The zero-order valence-corrected chi connectivity index (χ0v) is 15.9. The van der Waals surface area contributed by atoms with E-state index in [0.29, 0.717) is 17.6 Å². The summed E-state index contributed by atoms with van der Waals surface area (Å²) < 4.78 is 64.9. The standard InChI is InChI=1S/C18H16F4INO2/c1-10(11-4-12(18(20,21)22)6-13(19)5-11)25-16-3-2-14(23)7-17(16)26-15-8-24-9-15/h2-7,10,15,24H,8-9H2,1H3. The van der Waals surface area contributed by atoms with Crippen LogP contribution in [0, 0.1) is 9.39 Å². The Hall–Kier alpha value is -1.55. The first-order valence-corrected chi connectivity index (χ1v) is 9.01. The molecule has 3 nitrogen and oxygen atoms in total. The molecular formula is C18H16F4INO2. The number of halogens is 5. The molecule has 0 aromatic heterocycles. The van der Waals surface area contributed by atoms with Crippen molar-refractivity contribution < 1.29 is 27.0 Å². The molecular weight excluding hydrogens is 465 g/mol. The molecule has 1 saturated heterocycles. The van der Waals surface area contributed by atoms with E-state index in [1.807, 2.05) is 0 Å². The van der Waals surface area contributed by atoms with Gasteiger partial charge in [-0.05, 0) is 71.5 Å². The second kappa shape index (κ2) is 7.59. The molecule has 1 unspecified atom stereocenters. The lowest BCUT2D eigenvalue weighted by molar-refractivity contribution is -0.137. The van der Waals surface area contributed by atoms with E-state index in [0.717, 1.165) is 28.8 Å². The maximum atomic E-state index is 13.6. The summed E-state index contributed by atoms with van der Waals surface area (Å²) in [4.78, 5) is 0. The Labute approximate surface area is 161 Å². The number of hydrogen-bond donors (Lipinski definition) is 1. The van der Waals surface area contributed by atoms with Gasteiger partial charge in [-0.25, -0.2) is 4.39 Å². The number of ether oxygens (including phenoxy) is 2. The van der Waals surface area contributed by atoms with Gasteiger partial charge in [0.15, 0.2) is 11.5 Å². The van der Waals surface area contributed by atoms with Crippen LogP contribution in [0.25, 0.3) is 0 Å². The first kappa shape index (κ1) is 19.2. The van der Waals surface area contributed by atoms with Crippen LogP contribution < -0.4 is 14.8 Å². The summed E-state index contributed by atoms with van der Waals surface area (Å²) in [6.45, 7) is 3.01. The average molecular weight is 481 g/mol. The SMILES string of the molecule is CC(Oc1ccc(I)cc1OC1CNC1)c1cc(F)cc(C(F)(F)F)c1. The van der Waals surface area contributed by atoms with Gasteiger partial charge in [-0.2, -0.15) is 13.2 Å². The van der Waals surface area contributed by atoms with E-state index in [1.54, 1.807) is 25.1 Å². The highest BCUT2D eigenvalue weighted by molar-refractivity contribution is 14.1. The molecule has 1 fully saturated rings. The minimum atomic E-state index is -4.62. The Morgan fingerprint density at radius 2 is 1.85 bits per heavy atom. The van der Waals surface area contributed by atoms with Crippen molar-refractivity contribution in [2.45, 2.75) is 25.3 Å². The Balaban J connectivity index is 1.84. The minimum absolute atomic E-state index is 0.0249. The van der Waals surface area contributed by atoms with Crippen LogP contribution >= 0.6 is 22.6 Å². The van der Waals surface area contributed by atoms with Gasteiger partial charge >= 0.3 is 6.18 Å². The molecule has 1 aliphatic heterocycles. The van der Waals surface area contributed by atoms with Gasteiger partial charge < -0.3 is 14.8 Å². The fourth-order valence-electron chi connectivity index (χ4n) is 2.47. The van der Waals surface area contributed by atoms with Crippen molar-refractivity contribution in [3.8, 4) is 11.5 Å². The molecule has 0 bridgehead atoms. The Bertz CT molecular complexity index is 793. The highest BCUT2D eigenvalue weighted by Gasteiger charge is 2.32. The Kier molecular flexibility index (Phi) is 5.61. The lowest BCUT2D eigenvalue weighted by Gasteiger charge is -2.29. The smallest absolute Gasteiger partial charge is 0.416 e. The third kappa shape index (κ3) is 4.59. The number of hydrogen-bond acceptors (Lipinski definition) is 3. The number of nitrogens with one attached hydrogen (secondary N) is 1. The summed E-state index contributed by atoms with van der Waals surface area (Å²) in [6.07, 6.45) is -5.38. The van der Waals surface area contributed by atoms with Crippen molar-refractivity contribution >= 4 is 22.6 Å². The van der Waals surface area contributed by atoms with Gasteiger partial charge in [-0.3, -0.25) is 0 Å². The predicted molar refractivity (Wildman–Crippen MR) is 96.9 cm³/mol. The van der Waals surface area contributed by atoms with Gasteiger partial charge in [0.2, 0.25) is 0 Å². The van der Waals surface area contributed by atoms with E-state index >= 15 is 0 Å². The first-order valence-electron chi connectivity index (χ1n) is 7.93. The molecule has 0 spiro atoms. The zero-order chi connectivity index (χ0) is 18.9. The van der Waals surface area contributed by atoms with Gasteiger partial charge in [0.25, 0.3) is 0 Å². The number of benzene rings is 2. The van der Waals surface area contributed by atoms with E-state index in [4.69, 9.17) is 9.47 Å². The van der Waals surface area contributed by atoms with E-state index in [1.165, 1.54) is 0 Å². The van der Waals surface area contributed by atoms with Crippen LogP contribution in [0.2, 0.25) is 0 Å². The van der Waals surface area contributed by atoms with Gasteiger partial charge in [-0.1, -0.05) is 0 Å². The van der Waals surface area contributed by atoms with Crippen LogP contribution in [-0.2, 0) is 6.18 Å². The molecule has 0 saturated carbocycles. The zero-order valence-electron chi connectivity index (χ0n) is 13.7. The van der Waals surface area contributed by atoms with Crippen LogP contribution in [0.15, 0.2) is 36.4 Å². The summed E-state index contributed by atoms with van der Waals surface area (Å²) in [5.41, 5.74) is -0.935. The third-order valence-electron chi connectivity index (χ3n) is 3.96. The maximum Gasteiger partial charge on any atom is 0.416 e. The molecule has 140 valence electrons. The predicted octanol–water partition coefficient (Wildman–Crippen LogP) is 4.94. The van der Waals surface area contributed by atoms with E-state index in [-0.39, 0.29) is 11.7 Å². The van der Waals surface area contributed by atoms with Crippen LogP contribution in [-0.4, -0.2) is 19.2 Å².